The standard InChI is InChI=1S/C55H105NO8/c1-6-8-10-12-14-16-18-20-22-23-24-25-26-27-28-29-30-32-33-35-37-39-41-43-45-52(57)62-49-51(50-63-55(54(59)60)61-48-47-56(3,4)5)64-53(58)46-44-42-40-38-36-34-31-21-19-17-15-13-11-9-7-2/h21,31,51,55H,6-20,22-30,32-50H2,1-5H3/p+1/b31-21-. The number of carbonyl (C=O) groups excluding carboxylic acids is 2. The highest BCUT2D eigenvalue weighted by molar-refractivity contribution is 5.71. The average molecular weight is 909 g/mol. The van der Waals surface area contributed by atoms with Crippen LogP contribution in [-0.4, -0.2) is 87.4 Å². The molecular formula is C55H106NO8+. The molecule has 0 aliphatic carbocycles. The lowest BCUT2D eigenvalue weighted by Gasteiger charge is -2.25. The maximum Gasteiger partial charge on any atom is 0.361 e. The van der Waals surface area contributed by atoms with Crippen molar-refractivity contribution in [3.63, 3.8) is 0 Å². The molecule has 2 unspecified atom stereocenters. The molecule has 0 saturated heterocycles. The van der Waals surface area contributed by atoms with Crippen LogP contribution in [0, 0.1) is 0 Å². The third-order valence-electron chi connectivity index (χ3n) is 12.3. The number of unbranched alkanes of at least 4 members (excludes halogenated alkanes) is 34. The van der Waals surface area contributed by atoms with Crippen molar-refractivity contribution in [3.05, 3.63) is 12.2 Å². The quantitative estimate of drug-likeness (QED) is 0.0211. The molecule has 0 amide bonds. The fourth-order valence-corrected chi connectivity index (χ4v) is 8.01. The summed E-state index contributed by atoms with van der Waals surface area (Å²) in [6, 6.07) is 0. The van der Waals surface area contributed by atoms with Gasteiger partial charge >= 0.3 is 17.9 Å². The van der Waals surface area contributed by atoms with Gasteiger partial charge in [0.15, 0.2) is 6.10 Å². The van der Waals surface area contributed by atoms with Crippen LogP contribution in [0.2, 0.25) is 0 Å². The minimum atomic E-state index is -1.51. The Hall–Kier alpha value is -1.97. The van der Waals surface area contributed by atoms with E-state index in [4.69, 9.17) is 18.9 Å². The van der Waals surface area contributed by atoms with Crippen LogP contribution >= 0.6 is 0 Å². The fourth-order valence-electron chi connectivity index (χ4n) is 8.01. The Kier molecular flexibility index (Phi) is 46.1. The molecule has 0 saturated carbocycles. The number of carboxylic acids is 1. The van der Waals surface area contributed by atoms with Crippen LogP contribution in [0.1, 0.15) is 264 Å². The van der Waals surface area contributed by atoms with Gasteiger partial charge in [-0.2, -0.15) is 0 Å². The molecule has 0 rings (SSSR count). The van der Waals surface area contributed by atoms with E-state index < -0.39 is 24.3 Å². The molecule has 378 valence electrons. The van der Waals surface area contributed by atoms with E-state index in [-0.39, 0.29) is 32.2 Å². The van der Waals surface area contributed by atoms with Gasteiger partial charge in [-0.15, -0.1) is 0 Å². The van der Waals surface area contributed by atoms with E-state index in [1.54, 1.807) is 0 Å². The van der Waals surface area contributed by atoms with E-state index in [2.05, 4.69) is 26.0 Å². The van der Waals surface area contributed by atoms with Crippen molar-refractivity contribution in [2.75, 3.05) is 47.5 Å². The molecule has 0 aromatic rings. The summed E-state index contributed by atoms with van der Waals surface area (Å²) >= 11 is 0. The number of nitrogens with zero attached hydrogens (tertiary/aromatic N) is 1. The van der Waals surface area contributed by atoms with Gasteiger partial charge in [0.25, 0.3) is 6.29 Å². The molecule has 1 N–H and O–H groups in total. The number of rotatable bonds is 51. The fraction of sp³-hybridized carbons (Fsp3) is 0.909. The SMILES string of the molecule is CCCCCCCC/C=C\CCCCCCCC(=O)OC(COC(=O)CCCCCCCCCCCCCCCCCCCCCCCCCC)COC(OCC[N+](C)(C)C)C(=O)O. The van der Waals surface area contributed by atoms with E-state index in [0.717, 1.165) is 51.4 Å². The van der Waals surface area contributed by atoms with Gasteiger partial charge < -0.3 is 28.5 Å². The summed E-state index contributed by atoms with van der Waals surface area (Å²) in [5.41, 5.74) is 0. The molecule has 0 heterocycles. The molecule has 0 spiro atoms. The summed E-state index contributed by atoms with van der Waals surface area (Å²) in [7, 11) is 5.97. The highest BCUT2D eigenvalue weighted by atomic mass is 16.7. The molecule has 9 nitrogen and oxygen atoms in total. The minimum absolute atomic E-state index is 0.179. The van der Waals surface area contributed by atoms with E-state index in [9.17, 15) is 19.5 Å². The van der Waals surface area contributed by atoms with Gasteiger partial charge in [-0.1, -0.05) is 225 Å². The largest absolute Gasteiger partial charge is 0.477 e. The first-order valence-corrected chi connectivity index (χ1v) is 27.4. The number of carboxylic acid groups (broad SMARTS) is 1. The van der Waals surface area contributed by atoms with Crippen LogP contribution in [0.5, 0.6) is 0 Å². The molecule has 0 aliphatic rings. The van der Waals surface area contributed by atoms with E-state index >= 15 is 0 Å². The van der Waals surface area contributed by atoms with Crippen molar-refractivity contribution in [3.8, 4) is 0 Å². The lowest BCUT2D eigenvalue weighted by molar-refractivity contribution is -0.870. The second-order valence-electron chi connectivity index (χ2n) is 19.9. The molecule has 0 aromatic heterocycles. The topological polar surface area (TPSA) is 108 Å². The predicted molar refractivity (Wildman–Crippen MR) is 268 cm³/mol. The first kappa shape index (κ1) is 62.0. The maximum absolute atomic E-state index is 12.8. The lowest BCUT2D eigenvalue weighted by Crippen LogP contribution is -2.40. The van der Waals surface area contributed by atoms with Crippen molar-refractivity contribution in [2.45, 2.75) is 277 Å². The molecule has 0 fully saturated rings. The molecule has 0 bridgehead atoms. The molecule has 0 aliphatic heterocycles. The molecule has 2 atom stereocenters. The Morgan fingerprint density at radius 3 is 1.16 bits per heavy atom. The summed E-state index contributed by atoms with van der Waals surface area (Å²) in [6.45, 7) is 4.90. The van der Waals surface area contributed by atoms with Gasteiger partial charge in [0, 0.05) is 12.8 Å². The van der Waals surface area contributed by atoms with Crippen LogP contribution in [0.25, 0.3) is 0 Å². The number of esters is 2. The van der Waals surface area contributed by atoms with Gasteiger partial charge in [0.1, 0.15) is 13.2 Å². The Labute approximate surface area is 395 Å². The zero-order valence-electron chi connectivity index (χ0n) is 43.0. The number of quaternary nitrogens is 1. The van der Waals surface area contributed by atoms with Crippen LogP contribution in [0.15, 0.2) is 12.2 Å². The highest BCUT2D eigenvalue weighted by Gasteiger charge is 2.25. The summed E-state index contributed by atoms with van der Waals surface area (Å²) in [4.78, 5) is 37.3. The monoisotopic (exact) mass is 909 g/mol. The van der Waals surface area contributed by atoms with E-state index in [1.165, 1.54) is 180 Å². The Morgan fingerprint density at radius 1 is 0.453 bits per heavy atom. The number of aliphatic carboxylic acids is 1. The van der Waals surface area contributed by atoms with Crippen molar-refractivity contribution in [2.24, 2.45) is 0 Å². The van der Waals surface area contributed by atoms with Gasteiger partial charge in [-0.05, 0) is 38.5 Å². The normalized spacial score (nSPS) is 12.8. The Morgan fingerprint density at radius 2 is 0.797 bits per heavy atom. The number of allylic oxidation sites excluding steroid dienone is 2. The number of hydrogen-bond donors (Lipinski definition) is 1. The van der Waals surface area contributed by atoms with Crippen molar-refractivity contribution < 1.29 is 42.9 Å². The zero-order chi connectivity index (χ0) is 47.0. The first-order valence-electron chi connectivity index (χ1n) is 27.4. The molecule has 64 heavy (non-hydrogen) atoms. The summed E-state index contributed by atoms with van der Waals surface area (Å²) < 4.78 is 22.8. The lowest BCUT2D eigenvalue weighted by atomic mass is 10.0. The summed E-state index contributed by atoms with van der Waals surface area (Å²) in [6.07, 6.45) is 50.0. The van der Waals surface area contributed by atoms with Gasteiger partial charge in [0.2, 0.25) is 0 Å². The minimum Gasteiger partial charge on any atom is -0.477 e. The van der Waals surface area contributed by atoms with Crippen LogP contribution < -0.4 is 0 Å². The molecular weight excluding hydrogens is 803 g/mol. The number of likely N-dealkylation sites (N-methyl/N-ethyl adjacent to an activating group) is 1. The Balaban J connectivity index is 4.20. The zero-order valence-corrected chi connectivity index (χ0v) is 43.0. The molecule has 0 radical (unpaired) electrons. The number of carbonyl (C=O) groups is 3. The predicted octanol–water partition coefficient (Wildman–Crippen LogP) is 15.4. The van der Waals surface area contributed by atoms with E-state index in [1.807, 2.05) is 21.1 Å². The van der Waals surface area contributed by atoms with Crippen LogP contribution in [0.3, 0.4) is 0 Å². The van der Waals surface area contributed by atoms with Crippen LogP contribution in [0.4, 0.5) is 0 Å². The smallest absolute Gasteiger partial charge is 0.361 e. The highest BCUT2D eigenvalue weighted by Crippen LogP contribution is 2.17. The van der Waals surface area contributed by atoms with Crippen molar-refractivity contribution >= 4 is 17.9 Å². The van der Waals surface area contributed by atoms with Crippen LogP contribution in [-0.2, 0) is 33.3 Å². The second-order valence-corrected chi connectivity index (χ2v) is 19.9. The van der Waals surface area contributed by atoms with Crippen molar-refractivity contribution in [1.82, 2.24) is 0 Å². The summed E-state index contributed by atoms with van der Waals surface area (Å²) in [5.74, 6) is -2.00. The third-order valence-corrected chi connectivity index (χ3v) is 12.3. The summed E-state index contributed by atoms with van der Waals surface area (Å²) in [5, 5.41) is 9.67. The van der Waals surface area contributed by atoms with E-state index in [0.29, 0.717) is 23.9 Å². The average Bonchev–Trinajstić information content (AvgIpc) is 3.26. The molecule has 0 aromatic carbocycles. The number of hydrogen-bond acceptors (Lipinski definition) is 7. The third kappa shape index (κ3) is 48.0. The van der Waals surface area contributed by atoms with Gasteiger partial charge in [-0.25, -0.2) is 4.79 Å². The van der Waals surface area contributed by atoms with Gasteiger partial charge in [-0.3, -0.25) is 9.59 Å². The molecule has 9 heteroatoms. The first-order chi connectivity index (χ1) is 31.1. The maximum atomic E-state index is 12.8. The number of ether oxygens (including phenoxy) is 4. The Bertz CT molecular complexity index is 1060. The van der Waals surface area contributed by atoms with Gasteiger partial charge in [0.05, 0.1) is 34.4 Å². The second kappa shape index (κ2) is 47.5. The van der Waals surface area contributed by atoms with Crippen molar-refractivity contribution in [1.29, 1.82) is 0 Å².